The molecule has 1 aliphatic rings. The maximum atomic E-state index is 11.8. The molecule has 0 bridgehead atoms. The van der Waals surface area contributed by atoms with Gasteiger partial charge in [0.05, 0.1) is 18.1 Å². The van der Waals surface area contributed by atoms with Crippen molar-refractivity contribution in [3.8, 4) is 16.2 Å². The molecule has 3 rings (SSSR count). The molecule has 0 spiro atoms. The van der Waals surface area contributed by atoms with Crippen LogP contribution in [0, 0.1) is 0 Å². The number of carbonyl (C=O) groups excluding carboxylic acids is 1. The van der Waals surface area contributed by atoms with Gasteiger partial charge in [-0.25, -0.2) is 4.79 Å². The second-order valence-corrected chi connectivity index (χ2v) is 5.22. The zero-order valence-corrected chi connectivity index (χ0v) is 12.3. The van der Waals surface area contributed by atoms with Crippen LogP contribution in [0.5, 0.6) is 5.75 Å². The van der Waals surface area contributed by atoms with Gasteiger partial charge in [-0.05, 0) is 48.3 Å². The van der Waals surface area contributed by atoms with E-state index in [1.165, 1.54) is 11.5 Å². The Hall–Kier alpha value is -1.99. The van der Waals surface area contributed by atoms with Crippen molar-refractivity contribution in [2.75, 3.05) is 19.8 Å². The zero-order valence-electron chi connectivity index (χ0n) is 11.4. The molecule has 6 nitrogen and oxygen atoms in total. The van der Waals surface area contributed by atoms with Crippen LogP contribution < -0.4 is 4.74 Å². The van der Waals surface area contributed by atoms with Crippen molar-refractivity contribution < 1.29 is 19.0 Å². The highest BCUT2D eigenvalue weighted by molar-refractivity contribution is 7.09. The third-order valence-corrected chi connectivity index (χ3v) is 3.69. The Morgan fingerprint density at radius 3 is 2.86 bits per heavy atom. The summed E-state index contributed by atoms with van der Waals surface area (Å²) in [5.41, 5.74) is 1.12. The normalized spacial score (nSPS) is 16.5. The highest BCUT2D eigenvalue weighted by atomic mass is 32.1. The molecule has 1 atom stereocenters. The van der Waals surface area contributed by atoms with Gasteiger partial charge in [-0.3, -0.25) is 0 Å². The third kappa shape index (κ3) is 3.37. The van der Waals surface area contributed by atoms with Gasteiger partial charge < -0.3 is 14.2 Å². The largest absolute Gasteiger partial charge is 0.491 e. The van der Waals surface area contributed by atoms with E-state index in [-0.39, 0.29) is 11.8 Å². The average molecular weight is 306 g/mol. The van der Waals surface area contributed by atoms with Crippen LogP contribution in [0.4, 0.5) is 0 Å². The van der Waals surface area contributed by atoms with Gasteiger partial charge in [-0.1, -0.05) is 4.49 Å². The molecule has 110 valence electrons. The van der Waals surface area contributed by atoms with Crippen LogP contribution in [0.15, 0.2) is 24.3 Å². The monoisotopic (exact) mass is 306 g/mol. The van der Waals surface area contributed by atoms with Crippen LogP contribution in [0.1, 0.15) is 17.4 Å². The molecule has 2 aromatic rings. The van der Waals surface area contributed by atoms with Gasteiger partial charge in [-0.2, -0.15) is 0 Å². The van der Waals surface area contributed by atoms with E-state index in [2.05, 4.69) is 9.59 Å². The van der Waals surface area contributed by atoms with Gasteiger partial charge in [0.15, 0.2) is 5.69 Å². The van der Waals surface area contributed by atoms with Crippen molar-refractivity contribution in [3.05, 3.63) is 30.0 Å². The Bertz CT molecular complexity index is 622. The molecule has 21 heavy (non-hydrogen) atoms. The van der Waals surface area contributed by atoms with E-state index in [0.29, 0.717) is 18.1 Å². The molecule has 1 aromatic heterocycles. The molecular formula is C14H14N2O4S. The molecule has 1 saturated heterocycles. The van der Waals surface area contributed by atoms with Crippen LogP contribution in [0.25, 0.3) is 10.4 Å². The van der Waals surface area contributed by atoms with E-state index in [1.54, 1.807) is 6.92 Å². The second-order valence-electron chi connectivity index (χ2n) is 4.46. The minimum absolute atomic E-state index is 0.228. The number of rotatable bonds is 6. The number of aromatic nitrogens is 2. The summed E-state index contributed by atoms with van der Waals surface area (Å²) < 4.78 is 19.5. The predicted molar refractivity (Wildman–Crippen MR) is 76.5 cm³/mol. The van der Waals surface area contributed by atoms with E-state index in [4.69, 9.17) is 14.2 Å². The Morgan fingerprint density at radius 2 is 2.19 bits per heavy atom. The third-order valence-electron chi connectivity index (χ3n) is 2.91. The van der Waals surface area contributed by atoms with Crippen LogP contribution in [0.2, 0.25) is 0 Å². The van der Waals surface area contributed by atoms with E-state index in [1.807, 2.05) is 24.3 Å². The van der Waals surface area contributed by atoms with Crippen molar-refractivity contribution in [1.29, 1.82) is 0 Å². The summed E-state index contributed by atoms with van der Waals surface area (Å²) in [7, 11) is 0. The molecule has 2 heterocycles. The van der Waals surface area contributed by atoms with Crippen molar-refractivity contribution in [2.45, 2.75) is 13.0 Å². The summed E-state index contributed by atoms with van der Waals surface area (Å²) in [4.78, 5) is 12.5. The van der Waals surface area contributed by atoms with Crippen LogP contribution in [-0.4, -0.2) is 41.5 Å². The summed E-state index contributed by atoms with van der Waals surface area (Å²) in [5.74, 6) is 0.317. The molecule has 0 N–H and O–H groups in total. The highest BCUT2D eigenvalue weighted by Crippen LogP contribution is 2.28. The van der Waals surface area contributed by atoms with Gasteiger partial charge in [0.25, 0.3) is 0 Å². The fourth-order valence-electron chi connectivity index (χ4n) is 1.77. The summed E-state index contributed by atoms with van der Waals surface area (Å²) in [6.45, 7) is 3.40. The molecule has 0 amide bonds. The van der Waals surface area contributed by atoms with Crippen molar-refractivity contribution in [2.24, 2.45) is 0 Å². The Labute approximate surface area is 125 Å². The zero-order chi connectivity index (χ0) is 14.7. The minimum atomic E-state index is -0.451. The molecule has 0 aliphatic carbocycles. The lowest BCUT2D eigenvalue weighted by molar-refractivity contribution is 0.0520. The van der Waals surface area contributed by atoms with E-state index >= 15 is 0 Å². The van der Waals surface area contributed by atoms with Gasteiger partial charge >= 0.3 is 5.97 Å². The first-order valence-electron chi connectivity index (χ1n) is 6.62. The van der Waals surface area contributed by atoms with E-state index in [0.717, 1.165) is 17.9 Å². The predicted octanol–water partition coefficient (Wildman–Crippen LogP) is 2.16. The topological polar surface area (TPSA) is 73.8 Å². The fraction of sp³-hybridized carbons (Fsp3) is 0.357. The number of nitrogens with zero attached hydrogens (tertiary/aromatic N) is 2. The van der Waals surface area contributed by atoms with Gasteiger partial charge in [0, 0.05) is 0 Å². The first kappa shape index (κ1) is 14.0. The van der Waals surface area contributed by atoms with Crippen molar-refractivity contribution >= 4 is 17.5 Å². The first-order chi connectivity index (χ1) is 10.3. The Balaban J connectivity index is 1.74. The van der Waals surface area contributed by atoms with Gasteiger partial charge in [0.2, 0.25) is 0 Å². The fourth-order valence-corrected chi connectivity index (χ4v) is 2.43. The molecule has 7 heteroatoms. The Kier molecular flexibility index (Phi) is 4.12. The number of epoxide rings is 1. The number of carbonyl (C=O) groups is 1. The van der Waals surface area contributed by atoms with Crippen LogP contribution in [0.3, 0.4) is 0 Å². The Morgan fingerprint density at radius 1 is 1.43 bits per heavy atom. The highest BCUT2D eigenvalue weighted by Gasteiger charge is 2.23. The van der Waals surface area contributed by atoms with E-state index < -0.39 is 5.97 Å². The lowest BCUT2D eigenvalue weighted by Gasteiger charge is -2.05. The molecule has 1 fully saturated rings. The molecule has 1 aromatic carbocycles. The van der Waals surface area contributed by atoms with Gasteiger partial charge in [0.1, 0.15) is 18.5 Å². The lowest BCUT2D eigenvalue weighted by Crippen LogP contribution is -2.06. The molecule has 0 saturated carbocycles. The second kappa shape index (κ2) is 6.19. The first-order valence-corrected chi connectivity index (χ1v) is 7.39. The minimum Gasteiger partial charge on any atom is -0.491 e. The van der Waals surface area contributed by atoms with Crippen LogP contribution >= 0.6 is 11.5 Å². The maximum Gasteiger partial charge on any atom is 0.360 e. The molecular weight excluding hydrogens is 292 g/mol. The van der Waals surface area contributed by atoms with Crippen LogP contribution in [-0.2, 0) is 9.47 Å². The maximum absolute atomic E-state index is 11.8. The number of benzene rings is 1. The lowest BCUT2D eigenvalue weighted by atomic mass is 10.1. The summed E-state index contributed by atoms with van der Waals surface area (Å²) >= 11 is 1.17. The summed E-state index contributed by atoms with van der Waals surface area (Å²) in [6, 6.07) is 7.46. The standard InChI is InChI=1S/C14H14N2O4S/c1-2-18-14(17)12-13(21-16-15-12)9-3-5-10(6-4-9)19-7-11-8-20-11/h3-6,11H,2,7-8H2,1H3. The SMILES string of the molecule is CCOC(=O)c1nnsc1-c1ccc(OCC2CO2)cc1. The van der Waals surface area contributed by atoms with E-state index in [9.17, 15) is 4.79 Å². The summed E-state index contributed by atoms with van der Waals surface area (Å²) in [6.07, 6.45) is 0.228. The number of hydrogen-bond acceptors (Lipinski definition) is 7. The quantitative estimate of drug-likeness (QED) is 0.601. The molecule has 1 aliphatic heterocycles. The smallest absolute Gasteiger partial charge is 0.360 e. The molecule has 0 radical (unpaired) electrons. The van der Waals surface area contributed by atoms with Crippen molar-refractivity contribution in [3.63, 3.8) is 0 Å². The summed E-state index contributed by atoms with van der Waals surface area (Å²) in [5, 5.41) is 3.85. The number of ether oxygens (including phenoxy) is 3. The molecule has 1 unspecified atom stereocenters. The number of hydrogen-bond donors (Lipinski definition) is 0. The van der Waals surface area contributed by atoms with Crippen molar-refractivity contribution in [1.82, 2.24) is 9.59 Å². The average Bonchev–Trinajstić information content (AvgIpc) is 3.20. The van der Waals surface area contributed by atoms with Gasteiger partial charge in [-0.15, -0.1) is 5.10 Å². The number of esters is 1.